The van der Waals surface area contributed by atoms with Gasteiger partial charge in [0.2, 0.25) is 0 Å². The molecule has 1 atom stereocenters. The van der Waals surface area contributed by atoms with Crippen LogP contribution in [-0.2, 0) is 6.54 Å². The molecule has 0 aromatic carbocycles. The number of rotatable bonds is 5. The number of aromatic nitrogens is 1. The second-order valence-electron chi connectivity index (χ2n) is 5.82. The molecule has 2 N–H and O–H groups in total. The van der Waals surface area contributed by atoms with Crippen molar-refractivity contribution in [2.75, 3.05) is 32.1 Å². The Morgan fingerprint density at radius 2 is 2.26 bits per heavy atom. The zero-order valence-electron chi connectivity index (χ0n) is 12.5. The van der Waals surface area contributed by atoms with Crippen molar-refractivity contribution in [3.05, 3.63) is 10.6 Å². The molecule has 108 valence electrons. The number of likely N-dealkylation sites (tertiary alicyclic amines) is 1. The van der Waals surface area contributed by atoms with Crippen molar-refractivity contribution in [1.29, 1.82) is 0 Å². The van der Waals surface area contributed by atoms with Gasteiger partial charge >= 0.3 is 0 Å². The summed E-state index contributed by atoms with van der Waals surface area (Å²) >= 11 is 1.75. The molecule has 5 heteroatoms. The molecule has 1 aromatic rings. The van der Waals surface area contributed by atoms with Crippen LogP contribution < -0.4 is 10.6 Å². The van der Waals surface area contributed by atoms with Crippen LogP contribution in [0.2, 0.25) is 0 Å². The Bertz CT molecular complexity index is 416. The van der Waals surface area contributed by atoms with Gasteiger partial charge in [-0.3, -0.25) is 0 Å². The molecular weight excluding hydrogens is 256 g/mol. The fourth-order valence-electron chi connectivity index (χ4n) is 2.72. The summed E-state index contributed by atoms with van der Waals surface area (Å²) in [6.45, 7) is 7.25. The quantitative estimate of drug-likeness (QED) is 0.900. The van der Waals surface area contributed by atoms with Crippen molar-refractivity contribution in [3.8, 4) is 0 Å². The van der Waals surface area contributed by atoms with Crippen molar-refractivity contribution in [3.63, 3.8) is 0 Å². The maximum absolute atomic E-state index is 5.83. The normalized spacial score (nSPS) is 20.4. The third-order valence-corrected chi connectivity index (χ3v) is 5.14. The maximum Gasteiger partial charge on any atom is 0.185 e. The lowest BCUT2D eigenvalue weighted by atomic mass is 10.1. The van der Waals surface area contributed by atoms with Crippen LogP contribution in [0.1, 0.15) is 43.2 Å². The second kappa shape index (κ2) is 6.20. The Morgan fingerprint density at radius 3 is 2.74 bits per heavy atom. The van der Waals surface area contributed by atoms with Crippen molar-refractivity contribution < 1.29 is 0 Å². The van der Waals surface area contributed by atoms with Crippen LogP contribution >= 0.6 is 11.3 Å². The Labute approximate surface area is 120 Å². The summed E-state index contributed by atoms with van der Waals surface area (Å²) in [4.78, 5) is 10.8. The monoisotopic (exact) mass is 282 g/mol. The zero-order valence-corrected chi connectivity index (χ0v) is 13.3. The number of hydrogen-bond acceptors (Lipinski definition) is 5. The largest absolute Gasteiger partial charge is 0.350 e. The van der Waals surface area contributed by atoms with Gasteiger partial charge in [0.1, 0.15) is 0 Å². The number of nitrogens with two attached hydrogens (primary N) is 1. The third kappa shape index (κ3) is 3.27. The van der Waals surface area contributed by atoms with E-state index >= 15 is 0 Å². The fourth-order valence-corrected chi connectivity index (χ4v) is 3.78. The van der Waals surface area contributed by atoms with Crippen LogP contribution in [0.5, 0.6) is 0 Å². The van der Waals surface area contributed by atoms with Crippen LogP contribution in [-0.4, -0.2) is 43.1 Å². The molecule has 1 unspecified atom stereocenters. The first-order valence-electron chi connectivity index (χ1n) is 7.14. The van der Waals surface area contributed by atoms with Gasteiger partial charge in [0.15, 0.2) is 5.13 Å². The molecule has 0 radical (unpaired) electrons. The highest BCUT2D eigenvalue weighted by Gasteiger charge is 2.24. The van der Waals surface area contributed by atoms with Gasteiger partial charge in [-0.1, -0.05) is 13.8 Å². The Hall–Kier alpha value is -0.650. The highest BCUT2D eigenvalue weighted by Crippen LogP contribution is 2.30. The van der Waals surface area contributed by atoms with E-state index in [9.17, 15) is 0 Å². The lowest BCUT2D eigenvalue weighted by Gasteiger charge is -2.25. The summed E-state index contributed by atoms with van der Waals surface area (Å²) in [5.41, 5.74) is 7.01. The molecule has 2 heterocycles. The van der Waals surface area contributed by atoms with Crippen molar-refractivity contribution in [1.82, 2.24) is 9.88 Å². The minimum absolute atomic E-state index is 0.450. The van der Waals surface area contributed by atoms with Gasteiger partial charge in [-0.15, -0.1) is 11.3 Å². The average molecular weight is 282 g/mol. The molecule has 1 fully saturated rings. The minimum Gasteiger partial charge on any atom is -0.350 e. The summed E-state index contributed by atoms with van der Waals surface area (Å²) in [6, 6.07) is 0.665. The van der Waals surface area contributed by atoms with Crippen LogP contribution in [0.25, 0.3) is 0 Å². The van der Waals surface area contributed by atoms with Crippen LogP contribution in [0.15, 0.2) is 0 Å². The third-order valence-electron chi connectivity index (χ3n) is 3.93. The predicted octanol–water partition coefficient (Wildman–Crippen LogP) is 2.26. The maximum atomic E-state index is 5.83. The number of hydrogen-bond donors (Lipinski definition) is 1. The van der Waals surface area contributed by atoms with Gasteiger partial charge in [0, 0.05) is 31.1 Å². The van der Waals surface area contributed by atoms with E-state index in [-0.39, 0.29) is 0 Å². The Kier molecular flexibility index (Phi) is 4.81. The molecule has 1 saturated heterocycles. The van der Waals surface area contributed by atoms with E-state index in [0.29, 0.717) is 18.5 Å². The standard InChI is InChI=1S/C14H26N4S/c1-10(2)13-12(8-15)19-14(16-13)18(4)9-11-6-5-7-17(11)3/h10-11H,5-9,15H2,1-4H3. The average Bonchev–Trinajstić information content (AvgIpc) is 2.96. The SMILES string of the molecule is CC(C)c1nc(N(C)CC2CCCN2C)sc1CN. The summed E-state index contributed by atoms with van der Waals surface area (Å²) in [5, 5.41) is 1.12. The highest BCUT2D eigenvalue weighted by molar-refractivity contribution is 7.15. The molecule has 0 bridgehead atoms. The molecule has 19 heavy (non-hydrogen) atoms. The van der Waals surface area contributed by atoms with Crippen molar-refractivity contribution in [2.45, 2.75) is 45.2 Å². The first-order valence-corrected chi connectivity index (χ1v) is 7.95. The van der Waals surface area contributed by atoms with Gasteiger partial charge in [0.25, 0.3) is 0 Å². The van der Waals surface area contributed by atoms with E-state index in [1.165, 1.54) is 30.0 Å². The molecule has 1 aliphatic heterocycles. The van der Waals surface area contributed by atoms with E-state index in [0.717, 1.165) is 11.7 Å². The molecule has 1 aromatic heterocycles. The van der Waals surface area contributed by atoms with E-state index in [2.05, 4.69) is 37.7 Å². The number of anilines is 1. The summed E-state index contributed by atoms with van der Waals surface area (Å²) in [5.74, 6) is 0.450. The smallest absolute Gasteiger partial charge is 0.185 e. The van der Waals surface area contributed by atoms with Gasteiger partial charge in [-0.25, -0.2) is 4.98 Å². The summed E-state index contributed by atoms with van der Waals surface area (Å²) in [7, 11) is 4.37. The molecule has 0 spiro atoms. The lowest BCUT2D eigenvalue weighted by Crippen LogP contribution is -2.36. The van der Waals surface area contributed by atoms with E-state index in [1.807, 2.05) is 0 Å². The van der Waals surface area contributed by atoms with Gasteiger partial charge in [0.05, 0.1) is 5.69 Å². The fraction of sp³-hybridized carbons (Fsp3) is 0.786. The topological polar surface area (TPSA) is 45.4 Å². The molecule has 4 nitrogen and oxygen atoms in total. The first kappa shape index (κ1) is 14.8. The van der Waals surface area contributed by atoms with Crippen LogP contribution in [0, 0.1) is 0 Å². The van der Waals surface area contributed by atoms with Crippen molar-refractivity contribution in [2.24, 2.45) is 5.73 Å². The number of thiazole rings is 1. The molecule has 1 aliphatic rings. The Balaban J connectivity index is 2.08. The molecule has 0 saturated carbocycles. The van der Waals surface area contributed by atoms with Gasteiger partial charge in [-0.05, 0) is 32.4 Å². The Morgan fingerprint density at radius 1 is 1.53 bits per heavy atom. The van der Waals surface area contributed by atoms with Gasteiger partial charge < -0.3 is 15.5 Å². The molecule has 0 aliphatic carbocycles. The number of nitrogens with zero attached hydrogens (tertiary/aromatic N) is 3. The summed E-state index contributed by atoms with van der Waals surface area (Å²) in [6.07, 6.45) is 2.62. The zero-order chi connectivity index (χ0) is 14.0. The van der Waals surface area contributed by atoms with Crippen LogP contribution in [0.3, 0.4) is 0 Å². The van der Waals surface area contributed by atoms with E-state index in [1.54, 1.807) is 11.3 Å². The van der Waals surface area contributed by atoms with E-state index in [4.69, 9.17) is 10.7 Å². The lowest BCUT2D eigenvalue weighted by molar-refractivity contribution is 0.314. The highest BCUT2D eigenvalue weighted by atomic mass is 32.1. The predicted molar refractivity (Wildman–Crippen MR) is 83.0 cm³/mol. The minimum atomic E-state index is 0.450. The van der Waals surface area contributed by atoms with Crippen molar-refractivity contribution >= 4 is 16.5 Å². The molecule has 2 rings (SSSR count). The first-order chi connectivity index (χ1) is 9.02. The molecule has 0 amide bonds. The number of likely N-dealkylation sites (N-methyl/N-ethyl adjacent to an activating group) is 2. The van der Waals surface area contributed by atoms with Crippen LogP contribution in [0.4, 0.5) is 5.13 Å². The second-order valence-corrected chi connectivity index (χ2v) is 6.88. The van der Waals surface area contributed by atoms with E-state index < -0.39 is 0 Å². The summed E-state index contributed by atoms with van der Waals surface area (Å²) < 4.78 is 0. The molecular formula is C14H26N4S. The van der Waals surface area contributed by atoms with Gasteiger partial charge in [-0.2, -0.15) is 0 Å².